The summed E-state index contributed by atoms with van der Waals surface area (Å²) < 4.78 is 32.0. The molecule has 0 N–H and O–H groups in total. The van der Waals surface area contributed by atoms with Crippen molar-refractivity contribution in [2.45, 2.75) is 24.8 Å². The van der Waals surface area contributed by atoms with Crippen LogP contribution in [0, 0.1) is 6.92 Å². The molecule has 0 spiro atoms. The molecule has 1 aliphatic heterocycles. The second kappa shape index (κ2) is 11.4. The Bertz CT molecular complexity index is 1030. The molecule has 3 rings (SSSR count). The van der Waals surface area contributed by atoms with Gasteiger partial charge in [0.25, 0.3) is 0 Å². The molecular formula is C24H31N3O5S. The van der Waals surface area contributed by atoms with Crippen LogP contribution in [0.2, 0.25) is 0 Å². The molecule has 0 saturated carbocycles. The first kappa shape index (κ1) is 24.9. The summed E-state index contributed by atoms with van der Waals surface area (Å²) in [7, 11) is -2.22. The minimum Gasteiger partial charge on any atom is -0.469 e. The van der Waals surface area contributed by atoms with Crippen LogP contribution in [0.15, 0.2) is 59.5 Å². The lowest BCUT2D eigenvalue weighted by atomic mass is 10.2. The van der Waals surface area contributed by atoms with Gasteiger partial charge in [-0.3, -0.25) is 14.5 Å². The topological polar surface area (TPSA) is 87.2 Å². The van der Waals surface area contributed by atoms with Crippen LogP contribution in [0.25, 0.3) is 0 Å². The van der Waals surface area contributed by atoms with Gasteiger partial charge >= 0.3 is 5.97 Å². The van der Waals surface area contributed by atoms with Gasteiger partial charge in [0.15, 0.2) is 0 Å². The Labute approximate surface area is 195 Å². The van der Waals surface area contributed by atoms with Crippen molar-refractivity contribution in [2.24, 2.45) is 0 Å². The highest BCUT2D eigenvalue weighted by Crippen LogP contribution is 2.18. The molecule has 1 aliphatic rings. The Morgan fingerprint density at radius 2 is 1.61 bits per heavy atom. The molecule has 1 fully saturated rings. The average Bonchev–Trinajstić information content (AvgIpc) is 2.82. The summed E-state index contributed by atoms with van der Waals surface area (Å²) in [6.07, 6.45) is 0.123. The second-order valence-electron chi connectivity index (χ2n) is 8.12. The van der Waals surface area contributed by atoms with Gasteiger partial charge in [-0.2, -0.15) is 4.31 Å². The molecular weight excluding hydrogens is 442 g/mol. The van der Waals surface area contributed by atoms with Crippen molar-refractivity contribution < 1.29 is 22.7 Å². The average molecular weight is 474 g/mol. The molecule has 0 aliphatic carbocycles. The molecule has 0 aromatic heterocycles. The third-order valence-electron chi connectivity index (χ3n) is 5.73. The number of hydrogen-bond acceptors (Lipinski definition) is 6. The number of rotatable bonds is 9. The minimum atomic E-state index is -3.55. The number of nitrogens with zero attached hydrogens (tertiary/aromatic N) is 3. The molecule has 1 saturated heterocycles. The number of amides is 1. The van der Waals surface area contributed by atoms with Crippen molar-refractivity contribution in [3.8, 4) is 0 Å². The van der Waals surface area contributed by atoms with Crippen LogP contribution in [0.3, 0.4) is 0 Å². The largest absolute Gasteiger partial charge is 0.469 e. The van der Waals surface area contributed by atoms with E-state index in [0.717, 1.165) is 11.1 Å². The normalized spacial score (nSPS) is 15.2. The third-order valence-corrected chi connectivity index (χ3v) is 7.64. The predicted octanol–water partition coefficient (Wildman–Crippen LogP) is 1.89. The molecule has 0 bridgehead atoms. The van der Waals surface area contributed by atoms with Crippen molar-refractivity contribution in [3.63, 3.8) is 0 Å². The molecule has 2 aromatic carbocycles. The molecule has 8 nitrogen and oxygen atoms in total. The Hall–Kier alpha value is -2.75. The summed E-state index contributed by atoms with van der Waals surface area (Å²) in [5.41, 5.74) is 1.98. The maximum atomic E-state index is 13.0. The summed E-state index contributed by atoms with van der Waals surface area (Å²) in [6.45, 7) is 4.33. The van der Waals surface area contributed by atoms with Crippen molar-refractivity contribution in [1.29, 1.82) is 0 Å². The number of esters is 1. The van der Waals surface area contributed by atoms with Gasteiger partial charge in [-0.25, -0.2) is 8.42 Å². The number of carbonyl (C=O) groups is 2. The van der Waals surface area contributed by atoms with Gasteiger partial charge in [-0.15, -0.1) is 0 Å². The van der Waals surface area contributed by atoms with Crippen molar-refractivity contribution in [3.05, 3.63) is 65.7 Å². The van der Waals surface area contributed by atoms with Gasteiger partial charge in [0, 0.05) is 39.3 Å². The van der Waals surface area contributed by atoms with Crippen LogP contribution < -0.4 is 0 Å². The van der Waals surface area contributed by atoms with Crippen molar-refractivity contribution in [1.82, 2.24) is 14.1 Å². The summed E-state index contributed by atoms with van der Waals surface area (Å²) in [6, 6.07) is 16.4. The Kier molecular flexibility index (Phi) is 8.60. The lowest BCUT2D eigenvalue weighted by Gasteiger charge is -2.34. The zero-order valence-corrected chi connectivity index (χ0v) is 20.0. The van der Waals surface area contributed by atoms with E-state index in [1.54, 1.807) is 29.2 Å². The van der Waals surface area contributed by atoms with Crippen LogP contribution in [-0.4, -0.2) is 80.8 Å². The summed E-state index contributed by atoms with van der Waals surface area (Å²) in [4.78, 5) is 28.6. The van der Waals surface area contributed by atoms with E-state index in [2.05, 4.69) is 0 Å². The van der Waals surface area contributed by atoms with E-state index in [4.69, 9.17) is 4.74 Å². The first-order valence-corrected chi connectivity index (χ1v) is 12.4. The van der Waals surface area contributed by atoms with Crippen molar-refractivity contribution >= 4 is 21.9 Å². The number of aryl methyl sites for hydroxylation is 1. The van der Waals surface area contributed by atoms with Gasteiger partial charge in [0.1, 0.15) is 0 Å². The van der Waals surface area contributed by atoms with Crippen molar-refractivity contribution in [2.75, 3.05) is 46.4 Å². The first-order chi connectivity index (χ1) is 15.8. The molecule has 0 atom stereocenters. The zero-order valence-electron chi connectivity index (χ0n) is 19.1. The maximum Gasteiger partial charge on any atom is 0.307 e. The molecule has 1 heterocycles. The van der Waals surface area contributed by atoms with Gasteiger partial charge in [-0.1, -0.05) is 48.0 Å². The number of piperazine rings is 1. The summed E-state index contributed by atoms with van der Waals surface area (Å²) in [5.74, 6) is -0.464. The highest BCUT2D eigenvalue weighted by molar-refractivity contribution is 7.89. The van der Waals surface area contributed by atoms with Crippen LogP contribution in [0.5, 0.6) is 0 Å². The molecule has 0 radical (unpaired) electrons. The lowest BCUT2D eigenvalue weighted by Crippen LogP contribution is -2.51. The van der Waals surface area contributed by atoms with E-state index in [9.17, 15) is 18.0 Å². The first-order valence-electron chi connectivity index (χ1n) is 11.0. The van der Waals surface area contributed by atoms with E-state index in [1.807, 2.05) is 42.2 Å². The van der Waals surface area contributed by atoms with Crippen LogP contribution in [-0.2, 0) is 30.9 Å². The lowest BCUT2D eigenvalue weighted by molar-refractivity contribution is -0.142. The number of methoxy groups -OCH3 is 1. The minimum absolute atomic E-state index is 0.0994. The van der Waals surface area contributed by atoms with Crippen LogP contribution in [0.4, 0.5) is 0 Å². The zero-order chi connectivity index (χ0) is 23.8. The van der Waals surface area contributed by atoms with E-state index in [0.29, 0.717) is 32.7 Å². The van der Waals surface area contributed by atoms with E-state index < -0.39 is 10.0 Å². The number of carbonyl (C=O) groups excluding carboxylic acids is 2. The van der Waals surface area contributed by atoms with Crippen LogP contribution in [0.1, 0.15) is 17.5 Å². The van der Waals surface area contributed by atoms with Gasteiger partial charge in [-0.05, 0) is 24.6 Å². The molecule has 178 valence electrons. The SMILES string of the molecule is COC(=O)CCN(Cc1ccccc1)C(=O)CN1CCN(S(=O)(=O)c2ccc(C)cc2)CC1. The predicted molar refractivity (Wildman–Crippen MR) is 125 cm³/mol. The fourth-order valence-corrected chi connectivity index (χ4v) is 5.12. The maximum absolute atomic E-state index is 13.0. The number of ether oxygens (including phenoxy) is 1. The highest BCUT2D eigenvalue weighted by atomic mass is 32.2. The monoisotopic (exact) mass is 473 g/mol. The van der Waals surface area contributed by atoms with E-state index in [-0.39, 0.29) is 36.3 Å². The number of benzene rings is 2. The van der Waals surface area contributed by atoms with Gasteiger partial charge < -0.3 is 9.64 Å². The fraction of sp³-hybridized carbons (Fsp3) is 0.417. The highest BCUT2D eigenvalue weighted by Gasteiger charge is 2.29. The molecule has 9 heteroatoms. The smallest absolute Gasteiger partial charge is 0.307 e. The molecule has 1 amide bonds. The van der Waals surface area contributed by atoms with Crippen LogP contribution >= 0.6 is 0 Å². The Balaban J connectivity index is 1.59. The summed E-state index contributed by atoms with van der Waals surface area (Å²) in [5, 5.41) is 0. The summed E-state index contributed by atoms with van der Waals surface area (Å²) >= 11 is 0. The number of hydrogen-bond donors (Lipinski definition) is 0. The molecule has 2 aromatic rings. The third kappa shape index (κ3) is 6.86. The van der Waals surface area contributed by atoms with E-state index >= 15 is 0 Å². The standard InChI is InChI=1S/C24H31N3O5S/c1-20-8-10-22(11-9-20)33(30,31)27-16-14-25(15-17-27)19-23(28)26(13-12-24(29)32-2)18-21-6-4-3-5-7-21/h3-11H,12-19H2,1-2H3. The number of sulfonamides is 1. The second-order valence-corrected chi connectivity index (χ2v) is 10.1. The fourth-order valence-electron chi connectivity index (χ4n) is 3.70. The molecule has 33 heavy (non-hydrogen) atoms. The van der Waals surface area contributed by atoms with E-state index in [1.165, 1.54) is 11.4 Å². The van der Waals surface area contributed by atoms with Gasteiger partial charge in [0.05, 0.1) is 25.0 Å². The Morgan fingerprint density at radius 1 is 0.970 bits per heavy atom. The quantitative estimate of drug-likeness (QED) is 0.517. The molecule has 0 unspecified atom stereocenters. The van der Waals surface area contributed by atoms with Gasteiger partial charge in [0.2, 0.25) is 15.9 Å². The Morgan fingerprint density at radius 3 is 2.21 bits per heavy atom.